The van der Waals surface area contributed by atoms with Crippen molar-refractivity contribution in [1.82, 2.24) is 9.88 Å². The van der Waals surface area contributed by atoms with Crippen LogP contribution in [0.4, 0.5) is 4.79 Å². The fourth-order valence-electron chi connectivity index (χ4n) is 5.48. The number of hydrogen-bond donors (Lipinski definition) is 2. The first-order valence-corrected chi connectivity index (χ1v) is 14.0. The number of H-pyrrole nitrogens is 1. The van der Waals surface area contributed by atoms with Crippen LogP contribution in [0, 0.1) is 0 Å². The van der Waals surface area contributed by atoms with Crippen molar-refractivity contribution in [3.63, 3.8) is 0 Å². The van der Waals surface area contributed by atoms with Gasteiger partial charge < -0.3 is 24.3 Å². The van der Waals surface area contributed by atoms with Gasteiger partial charge in [0.1, 0.15) is 17.9 Å². The minimum atomic E-state index is -1.11. The van der Waals surface area contributed by atoms with E-state index in [9.17, 15) is 9.90 Å². The molecule has 1 aliphatic heterocycles. The van der Waals surface area contributed by atoms with Gasteiger partial charge in [-0.05, 0) is 100 Å². The van der Waals surface area contributed by atoms with E-state index < -0.39 is 5.79 Å². The molecule has 5 rings (SSSR count). The van der Waals surface area contributed by atoms with E-state index in [0.717, 1.165) is 72.9 Å². The third-order valence-electron chi connectivity index (χ3n) is 7.35. The van der Waals surface area contributed by atoms with Crippen molar-refractivity contribution in [3.05, 3.63) is 64.3 Å². The Kier molecular flexibility index (Phi) is 8.17. The number of aromatic amines is 1. The summed E-state index contributed by atoms with van der Waals surface area (Å²) in [6, 6.07) is 13.6. The Morgan fingerprint density at radius 3 is 2.58 bits per heavy atom. The van der Waals surface area contributed by atoms with Crippen LogP contribution in [0.1, 0.15) is 75.2 Å². The van der Waals surface area contributed by atoms with Gasteiger partial charge in [-0.3, -0.25) is 4.90 Å². The number of fused-ring (bicyclic) bond motifs is 3. The van der Waals surface area contributed by atoms with Crippen LogP contribution in [-0.2, 0) is 15.9 Å². The molecule has 38 heavy (non-hydrogen) atoms. The van der Waals surface area contributed by atoms with Gasteiger partial charge in [0.2, 0.25) is 0 Å². The second-order valence-electron chi connectivity index (χ2n) is 10.8. The molecule has 0 radical (unpaired) electrons. The fraction of sp³-hybridized carbons (Fsp3) is 0.500. The van der Waals surface area contributed by atoms with Crippen molar-refractivity contribution in [2.24, 2.45) is 0 Å². The second-order valence-corrected chi connectivity index (χ2v) is 11.2. The van der Waals surface area contributed by atoms with Crippen LogP contribution in [0.25, 0.3) is 10.9 Å². The number of nitrogens with zero attached hydrogens (tertiary/aromatic N) is 1. The Hall–Kier alpha value is -2.74. The first-order valence-electron chi connectivity index (χ1n) is 13.6. The number of carbonyl (C=O) groups excluding carboxylic acids is 1. The number of amides is 1. The smallest absolute Gasteiger partial charge is 0.410 e. The van der Waals surface area contributed by atoms with Gasteiger partial charge in [-0.2, -0.15) is 0 Å². The molecule has 1 atom stereocenters. The van der Waals surface area contributed by atoms with E-state index in [4.69, 9.17) is 25.8 Å². The summed E-state index contributed by atoms with van der Waals surface area (Å²) in [5.41, 5.74) is 4.23. The molecule has 204 valence electrons. The molecule has 1 amide bonds. The van der Waals surface area contributed by atoms with Gasteiger partial charge in [-0.25, -0.2) is 4.79 Å². The number of aliphatic hydroxyl groups is 1. The Bertz CT molecular complexity index is 1240. The Balaban J connectivity index is 1.33. The van der Waals surface area contributed by atoms with Crippen molar-refractivity contribution in [2.75, 3.05) is 19.8 Å². The van der Waals surface area contributed by atoms with E-state index in [1.165, 1.54) is 5.56 Å². The summed E-state index contributed by atoms with van der Waals surface area (Å²) in [4.78, 5) is 18.8. The molecule has 7 nitrogen and oxygen atoms in total. The van der Waals surface area contributed by atoms with Gasteiger partial charge in [0.05, 0.1) is 13.2 Å². The molecule has 2 aliphatic rings. The number of carbonyl (C=O) groups is 1. The summed E-state index contributed by atoms with van der Waals surface area (Å²) >= 11 is 6.32. The van der Waals surface area contributed by atoms with E-state index >= 15 is 0 Å². The molecular weight excluding hydrogens is 504 g/mol. The number of rotatable bonds is 9. The lowest BCUT2D eigenvalue weighted by Crippen LogP contribution is -2.42. The summed E-state index contributed by atoms with van der Waals surface area (Å²) in [7, 11) is 0. The van der Waals surface area contributed by atoms with E-state index in [-0.39, 0.29) is 18.2 Å². The monoisotopic (exact) mass is 540 g/mol. The lowest BCUT2D eigenvalue weighted by Gasteiger charge is -2.36. The zero-order chi connectivity index (χ0) is 26.7. The van der Waals surface area contributed by atoms with Crippen LogP contribution in [0.15, 0.2) is 42.5 Å². The number of ether oxygens (including phenoxy) is 3. The number of hydrogen-bond acceptors (Lipinski definition) is 5. The van der Waals surface area contributed by atoms with E-state index in [0.29, 0.717) is 24.8 Å². The average molecular weight is 541 g/mol. The maximum Gasteiger partial charge on any atom is 0.410 e. The fourth-order valence-corrected chi connectivity index (χ4v) is 5.66. The lowest BCUT2D eigenvalue weighted by atomic mass is 9.92. The van der Waals surface area contributed by atoms with Crippen molar-refractivity contribution >= 4 is 28.6 Å². The predicted molar refractivity (Wildman–Crippen MR) is 148 cm³/mol. The summed E-state index contributed by atoms with van der Waals surface area (Å²) in [5, 5.41) is 11.4. The molecule has 8 heteroatoms. The topological polar surface area (TPSA) is 84.0 Å². The lowest BCUT2D eigenvalue weighted by molar-refractivity contribution is -0.176. The van der Waals surface area contributed by atoms with Crippen molar-refractivity contribution in [2.45, 2.75) is 76.7 Å². The average Bonchev–Trinajstić information content (AvgIpc) is 3.53. The predicted octanol–water partition coefficient (Wildman–Crippen LogP) is 6.75. The molecule has 2 aromatic carbocycles. The third-order valence-corrected chi connectivity index (χ3v) is 7.59. The van der Waals surface area contributed by atoms with Gasteiger partial charge in [0.15, 0.2) is 5.79 Å². The zero-order valence-corrected chi connectivity index (χ0v) is 22.9. The third kappa shape index (κ3) is 6.28. The number of unbranched alkanes of at least 4 members (excludes halogenated alkanes) is 1. The molecule has 1 unspecified atom stereocenters. The van der Waals surface area contributed by atoms with E-state index in [2.05, 4.69) is 4.98 Å². The molecule has 0 spiro atoms. The highest BCUT2D eigenvalue weighted by atomic mass is 35.5. The van der Waals surface area contributed by atoms with Crippen LogP contribution in [-0.4, -0.2) is 52.7 Å². The van der Waals surface area contributed by atoms with Crippen molar-refractivity contribution < 1.29 is 24.1 Å². The number of halogens is 1. The molecule has 2 heterocycles. The highest BCUT2D eigenvalue weighted by molar-refractivity contribution is 6.31. The van der Waals surface area contributed by atoms with Crippen LogP contribution in [0.5, 0.6) is 5.75 Å². The quantitative estimate of drug-likeness (QED) is 0.231. The molecule has 2 N–H and O–H groups in total. The minimum Gasteiger partial charge on any atom is -0.494 e. The molecule has 1 fully saturated rings. The van der Waals surface area contributed by atoms with Crippen LogP contribution >= 0.6 is 11.6 Å². The maximum absolute atomic E-state index is 13.4. The number of benzene rings is 2. The van der Waals surface area contributed by atoms with E-state index in [1.54, 1.807) is 13.8 Å². The molecule has 1 saturated carbocycles. The van der Waals surface area contributed by atoms with Crippen LogP contribution in [0.3, 0.4) is 0 Å². The van der Waals surface area contributed by atoms with Gasteiger partial charge in [0.25, 0.3) is 0 Å². The number of nitrogens with one attached hydrogen (secondary N) is 1. The SMILES string of the molecule is CC(C)(O)OCCCCOc1ccc(C2c3[nH]c4ccc(Cl)cc4c3CCN2C(=O)OC2CCCC2)cc1. The molecule has 1 aliphatic carbocycles. The van der Waals surface area contributed by atoms with Gasteiger partial charge >= 0.3 is 6.09 Å². The van der Waals surface area contributed by atoms with Crippen molar-refractivity contribution in [3.8, 4) is 5.75 Å². The Morgan fingerprint density at radius 2 is 1.84 bits per heavy atom. The summed E-state index contributed by atoms with van der Waals surface area (Å²) < 4.78 is 17.2. The molecule has 3 aromatic rings. The summed E-state index contributed by atoms with van der Waals surface area (Å²) in [5.74, 6) is -0.332. The van der Waals surface area contributed by atoms with Crippen LogP contribution < -0.4 is 4.74 Å². The maximum atomic E-state index is 13.4. The van der Waals surface area contributed by atoms with Gasteiger partial charge in [-0.15, -0.1) is 0 Å². The van der Waals surface area contributed by atoms with Crippen molar-refractivity contribution in [1.29, 1.82) is 0 Å². The molecule has 1 aromatic heterocycles. The zero-order valence-electron chi connectivity index (χ0n) is 22.2. The standard InChI is InChI=1S/C30H37ClN2O5/c1-30(2,35)37-18-6-5-17-36-22-12-9-20(10-13-22)28-27-24(25-19-21(31)11-14-26(25)32-27)15-16-33(28)29(34)38-23-7-3-4-8-23/h9-14,19,23,28,32,35H,3-8,15-18H2,1-2H3. The Labute approximate surface area is 229 Å². The molecular formula is C30H37ClN2O5. The summed E-state index contributed by atoms with van der Waals surface area (Å²) in [6.07, 6.45) is 6.23. The van der Waals surface area contributed by atoms with Crippen LogP contribution in [0.2, 0.25) is 5.02 Å². The minimum absolute atomic E-state index is 0.00990. The highest BCUT2D eigenvalue weighted by Gasteiger charge is 2.36. The summed E-state index contributed by atoms with van der Waals surface area (Å²) in [6.45, 7) is 4.87. The first-order chi connectivity index (χ1) is 18.3. The van der Waals surface area contributed by atoms with Gasteiger partial charge in [0, 0.05) is 28.2 Å². The molecule has 0 bridgehead atoms. The second kappa shape index (κ2) is 11.6. The highest BCUT2D eigenvalue weighted by Crippen LogP contribution is 2.40. The largest absolute Gasteiger partial charge is 0.494 e. The number of aromatic nitrogens is 1. The Morgan fingerprint density at radius 1 is 1.11 bits per heavy atom. The molecule has 0 saturated heterocycles. The van der Waals surface area contributed by atoms with E-state index in [1.807, 2.05) is 47.4 Å². The normalized spacial score (nSPS) is 18.1. The van der Waals surface area contributed by atoms with Gasteiger partial charge in [-0.1, -0.05) is 23.7 Å². The first kappa shape index (κ1) is 26.9.